The third kappa shape index (κ3) is 49.2. The van der Waals surface area contributed by atoms with E-state index in [9.17, 15) is 14.4 Å². The van der Waals surface area contributed by atoms with Gasteiger partial charge in [-0.25, -0.2) is 0 Å². The van der Waals surface area contributed by atoms with E-state index >= 15 is 0 Å². The van der Waals surface area contributed by atoms with Gasteiger partial charge in [0.15, 0.2) is 6.10 Å². The number of ether oxygens (including phenoxy) is 3. The molecule has 0 saturated carbocycles. The second-order valence-corrected chi connectivity index (χ2v) is 18.9. The van der Waals surface area contributed by atoms with Crippen LogP contribution in [0.1, 0.15) is 310 Å². The van der Waals surface area contributed by atoms with Crippen LogP contribution in [-0.4, -0.2) is 37.2 Å². The highest BCUT2D eigenvalue weighted by Crippen LogP contribution is 2.16. The fraction of sp³-hybridized carbons (Fsp3) is 0.911. The van der Waals surface area contributed by atoms with Gasteiger partial charge in [0.2, 0.25) is 0 Å². The van der Waals surface area contributed by atoms with Gasteiger partial charge < -0.3 is 14.2 Å². The summed E-state index contributed by atoms with van der Waals surface area (Å²) >= 11 is 0. The monoisotopic (exact) mass is 875 g/mol. The van der Waals surface area contributed by atoms with Crippen molar-refractivity contribution in [3.63, 3.8) is 0 Å². The first kappa shape index (κ1) is 60.2. The van der Waals surface area contributed by atoms with Crippen LogP contribution in [0.25, 0.3) is 0 Å². The van der Waals surface area contributed by atoms with Crippen LogP contribution in [0.15, 0.2) is 12.2 Å². The lowest BCUT2D eigenvalue weighted by Gasteiger charge is -2.18. The van der Waals surface area contributed by atoms with Gasteiger partial charge in [0.1, 0.15) is 13.2 Å². The normalized spacial score (nSPS) is 12.0. The minimum atomic E-state index is -0.765. The van der Waals surface area contributed by atoms with E-state index in [2.05, 4.69) is 32.9 Å². The molecular weight excluding hydrogens is 769 g/mol. The molecule has 0 saturated heterocycles. The average molecular weight is 875 g/mol. The van der Waals surface area contributed by atoms with Gasteiger partial charge in [-0.15, -0.1) is 0 Å². The highest BCUT2D eigenvalue weighted by Gasteiger charge is 2.19. The van der Waals surface area contributed by atoms with Gasteiger partial charge in [-0.1, -0.05) is 258 Å². The predicted molar refractivity (Wildman–Crippen MR) is 266 cm³/mol. The molecule has 0 bridgehead atoms. The molecule has 1 unspecified atom stereocenters. The number of carbonyl (C=O) groups is 3. The molecule has 0 rings (SSSR count). The number of hydrogen-bond acceptors (Lipinski definition) is 6. The lowest BCUT2D eigenvalue weighted by molar-refractivity contribution is -0.167. The van der Waals surface area contributed by atoms with Gasteiger partial charge in [0.25, 0.3) is 0 Å². The first-order valence-corrected chi connectivity index (χ1v) is 27.7. The maximum Gasteiger partial charge on any atom is 0.306 e. The molecule has 6 nitrogen and oxygen atoms in total. The zero-order valence-corrected chi connectivity index (χ0v) is 41.9. The molecular formula is C56H106O6. The molecule has 0 aliphatic carbocycles. The van der Waals surface area contributed by atoms with E-state index in [0.29, 0.717) is 19.3 Å². The van der Waals surface area contributed by atoms with E-state index in [1.165, 1.54) is 212 Å². The standard InChI is InChI=1S/C56H106O6/c1-4-7-10-13-16-19-22-25-26-27-28-29-32-34-37-40-43-46-49-55(58)61-52-53(62-56(59)50-47-44-41-38-35-31-24-21-18-15-12-9-6-3)51-60-54(57)48-45-42-39-36-33-30-23-20-17-14-11-8-5-2/h26-27,53H,4-25,28-52H2,1-3H3/b27-26-. The van der Waals surface area contributed by atoms with Crippen molar-refractivity contribution in [3.05, 3.63) is 12.2 Å². The molecule has 1 atom stereocenters. The Kier molecular flexibility index (Phi) is 50.2. The first-order chi connectivity index (χ1) is 30.5. The van der Waals surface area contributed by atoms with Crippen LogP contribution in [0.4, 0.5) is 0 Å². The van der Waals surface area contributed by atoms with Crippen LogP contribution in [0.5, 0.6) is 0 Å². The summed E-state index contributed by atoms with van der Waals surface area (Å²) in [5.74, 6) is -0.850. The molecule has 0 heterocycles. The van der Waals surface area contributed by atoms with Gasteiger partial charge >= 0.3 is 17.9 Å². The van der Waals surface area contributed by atoms with Crippen LogP contribution in [0, 0.1) is 0 Å². The number of rotatable bonds is 51. The number of unbranched alkanes of at least 4 members (excludes halogenated alkanes) is 38. The molecule has 0 aromatic heterocycles. The smallest absolute Gasteiger partial charge is 0.306 e. The predicted octanol–water partition coefficient (Wildman–Crippen LogP) is 18.2. The minimum Gasteiger partial charge on any atom is -0.462 e. The Labute approximate surface area is 386 Å². The van der Waals surface area contributed by atoms with E-state index in [0.717, 1.165) is 57.8 Å². The average Bonchev–Trinajstić information content (AvgIpc) is 3.27. The maximum atomic E-state index is 12.8. The zero-order valence-electron chi connectivity index (χ0n) is 41.9. The van der Waals surface area contributed by atoms with Gasteiger partial charge in [0, 0.05) is 19.3 Å². The number of allylic oxidation sites excluding steroid dienone is 2. The van der Waals surface area contributed by atoms with Gasteiger partial charge in [0.05, 0.1) is 0 Å². The van der Waals surface area contributed by atoms with Crippen LogP contribution in [-0.2, 0) is 28.6 Å². The second kappa shape index (κ2) is 51.8. The zero-order chi connectivity index (χ0) is 45.1. The van der Waals surface area contributed by atoms with Crippen LogP contribution in [0.3, 0.4) is 0 Å². The molecule has 0 aromatic rings. The first-order valence-electron chi connectivity index (χ1n) is 27.7. The highest BCUT2D eigenvalue weighted by atomic mass is 16.6. The van der Waals surface area contributed by atoms with Crippen molar-refractivity contribution < 1.29 is 28.6 Å². The summed E-state index contributed by atoms with van der Waals surface area (Å²) in [5.41, 5.74) is 0. The van der Waals surface area contributed by atoms with Crippen molar-refractivity contribution >= 4 is 17.9 Å². The molecule has 0 aliphatic rings. The van der Waals surface area contributed by atoms with E-state index in [1.54, 1.807) is 0 Å². The lowest BCUT2D eigenvalue weighted by atomic mass is 10.0. The fourth-order valence-electron chi connectivity index (χ4n) is 8.32. The Hall–Kier alpha value is -1.85. The van der Waals surface area contributed by atoms with Gasteiger partial charge in [-0.2, -0.15) is 0 Å². The quantitative estimate of drug-likeness (QED) is 0.0262. The van der Waals surface area contributed by atoms with Crippen LogP contribution < -0.4 is 0 Å². The highest BCUT2D eigenvalue weighted by molar-refractivity contribution is 5.71. The van der Waals surface area contributed by atoms with E-state index in [4.69, 9.17) is 14.2 Å². The summed E-state index contributed by atoms with van der Waals surface area (Å²) in [6.45, 7) is 6.68. The SMILES string of the molecule is CCCCCCCCC/C=C\CCCCCCCCCC(=O)OCC(COC(=O)CCCCCCCCCCCCCCC)OC(=O)CCCCCCCCCCCCCCC. The molecule has 0 aliphatic heterocycles. The Morgan fingerprint density at radius 1 is 0.306 bits per heavy atom. The molecule has 6 heteroatoms. The van der Waals surface area contributed by atoms with Gasteiger partial charge in [-0.3, -0.25) is 14.4 Å². The van der Waals surface area contributed by atoms with Crippen molar-refractivity contribution in [2.45, 2.75) is 316 Å². The minimum absolute atomic E-state index is 0.0656. The topological polar surface area (TPSA) is 78.9 Å². The Balaban J connectivity index is 4.30. The van der Waals surface area contributed by atoms with Crippen molar-refractivity contribution in [1.29, 1.82) is 0 Å². The van der Waals surface area contributed by atoms with Crippen molar-refractivity contribution in [2.24, 2.45) is 0 Å². The maximum absolute atomic E-state index is 12.8. The van der Waals surface area contributed by atoms with E-state index < -0.39 is 6.10 Å². The third-order valence-electron chi connectivity index (χ3n) is 12.5. The molecule has 0 spiro atoms. The molecule has 366 valence electrons. The lowest BCUT2D eigenvalue weighted by Crippen LogP contribution is -2.30. The van der Waals surface area contributed by atoms with Crippen molar-refractivity contribution in [3.8, 4) is 0 Å². The van der Waals surface area contributed by atoms with Crippen LogP contribution >= 0.6 is 0 Å². The molecule has 62 heavy (non-hydrogen) atoms. The molecule has 0 fully saturated rings. The molecule has 0 aromatic carbocycles. The summed E-state index contributed by atoms with van der Waals surface area (Å²) in [6, 6.07) is 0. The number of carbonyl (C=O) groups excluding carboxylic acids is 3. The summed E-state index contributed by atoms with van der Waals surface area (Å²) in [6.07, 6.45) is 57.6. The number of esters is 3. The van der Waals surface area contributed by atoms with Crippen LogP contribution in [0.2, 0.25) is 0 Å². The summed E-state index contributed by atoms with van der Waals surface area (Å²) in [7, 11) is 0. The summed E-state index contributed by atoms with van der Waals surface area (Å²) in [4.78, 5) is 38.0. The largest absolute Gasteiger partial charge is 0.462 e. The van der Waals surface area contributed by atoms with E-state index in [-0.39, 0.29) is 31.1 Å². The Bertz CT molecular complexity index is 962. The molecule has 0 amide bonds. The summed E-state index contributed by atoms with van der Waals surface area (Å²) < 4.78 is 16.8. The third-order valence-corrected chi connectivity index (χ3v) is 12.5. The molecule has 0 N–H and O–H groups in total. The van der Waals surface area contributed by atoms with Crippen molar-refractivity contribution in [2.75, 3.05) is 13.2 Å². The van der Waals surface area contributed by atoms with Gasteiger partial charge in [-0.05, 0) is 44.9 Å². The second-order valence-electron chi connectivity index (χ2n) is 18.9. The Morgan fingerprint density at radius 3 is 0.806 bits per heavy atom. The van der Waals surface area contributed by atoms with E-state index in [1.807, 2.05) is 0 Å². The van der Waals surface area contributed by atoms with Crippen molar-refractivity contribution in [1.82, 2.24) is 0 Å². The Morgan fingerprint density at radius 2 is 0.532 bits per heavy atom. The number of hydrogen-bond donors (Lipinski definition) is 0. The summed E-state index contributed by atoms with van der Waals surface area (Å²) in [5, 5.41) is 0. The molecule has 0 radical (unpaired) electrons. The fourth-order valence-corrected chi connectivity index (χ4v) is 8.32.